The van der Waals surface area contributed by atoms with Gasteiger partial charge >= 0.3 is 0 Å². The van der Waals surface area contributed by atoms with E-state index in [9.17, 15) is 0 Å². The molecule has 0 radical (unpaired) electrons. The zero-order valence-electron chi connectivity index (χ0n) is 9.28. The van der Waals surface area contributed by atoms with Crippen LogP contribution in [0.25, 0.3) is 0 Å². The summed E-state index contributed by atoms with van der Waals surface area (Å²) in [4.78, 5) is 0. The van der Waals surface area contributed by atoms with Crippen molar-refractivity contribution in [3.8, 4) is 5.75 Å². The highest BCUT2D eigenvalue weighted by Crippen LogP contribution is 2.15. The first-order chi connectivity index (χ1) is 7.30. The molecule has 0 aliphatic heterocycles. The Labute approximate surface area is 108 Å². The van der Waals surface area contributed by atoms with Crippen LogP contribution in [0.1, 0.15) is 12.0 Å². The van der Waals surface area contributed by atoms with Gasteiger partial charge in [0.15, 0.2) is 0 Å². The SMILES string of the molecule is COc1cccc(CCC(=CCl)CN)c1.Cl. The Balaban J connectivity index is 0.00000225. The predicted octanol–water partition coefficient (Wildman–Crippen LogP) is 3.13. The van der Waals surface area contributed by atoms with Crippen LogP contribution in [0.2, 0.25) is 0 Å². The second-order valence-corrected chi connectivity index (χ2v) is 3.54. The quantitative estimate of drug-likeness (QED) is 0.884. The molecule has 0 amide bonds. The van der Waals surface area contributed by atoms with Crippen LogP contribution in [0.4, 0.5) is 0 Å². The molecule has 0 aromatic heterocycles. The van der Waals surface area contributed by atoms with E-state index >= 15 is 0 Å². The Hall–Kier alpha value is -0.700. The maximum absolute atomic E-state index is 5.63. The highest BCUT2D eigenvalue weighted by molar-refractivity contribution is 6.25. The monoisotopic (exact) mass is 261 g/mol. The lowest BCUT2D eigenvalue weighted by molar-refractivity contribution is 0.414. The van der Waals surface area contributed by atoms with Gasteiger partial charge in [-0.25, -0.2) is 0 Å². The first-order valence-corrected chi connectivity index (χ1v) is 5.35. The third-order valence-corrected chi connectivity index (χ3v) is 2.59. The molecule has 0 aliphatic carbocycles. The molecule has 0 fully saturated rings. The van der Waals surface area contributed by atoms with Crippen LogP contribution in [-0.4, -0.2) is 13.7 Å². The van der Waals surface area contributed by atoms with Crippen molar-refractivity contribution >= 4 is 24.0 Å². The number of hydrogen-bond acceptors (Lipinski definition) is 2. The highest BCUT2D eigenvalue weighted by atomic mass is 35.5. The number of ether oxygens (including phenoxy) is 1. The smallest absolute Gasteiger partial charge is 0.119 e. The van der Waals surface area contributed by atoms with Gasteiger partial charge in [0, 0.05) is 12.1 Å². The molecule has 0 aliphatic rings. The molecule has 0 saturated heterocycles. The molecular weight excluding hydrogens is 245 g/mol. The molecule has 1 rings (SSSR count). The first-order valence-electron chi connectivity index (χ1n) is 4.91. The number of hydrogen-bond donors (Lipinski definition) is 1. The topological polar surface area (TPSA) is 35.2 Å². The maximum Gasteiger partial charge on any atom is 0.119 e. The average Bonchev–Trinajstić information content (AvgIpc) is 2.31. The molecule has 2 N–H and O–H groups in total. The second-order valence-electron chi connectivity index (χ2n) is 3.32. The molecule has 16 heavy (non-hydrogen) atoms. The summed E-state index contributed by atoms with van der Waals surface area (Å²) in [6, 6.07) is 8.03. The largest absolute Gasteiger partial charge is 0.497 e. The Kier molecular flexibility index (Phi) is 8.08. The standard InChI is InChI=1S/C12H16ClNO.ClH/c1-15-12-4-2-3-10(7-12)5-6-11(8-13)9-14;/h2-4,7-8H,5-6,9,14H2,1H3;1H. The zero-order chi connectivity index (χ0) is 11.1. The van der Waals surface area contributed by atoms with Crippen LogP contribution in [0, 0.1) is 0 Å². The summed E-state index contributed by atoms with van der Waals surface area (Å²) in [7, 11) is 1.67. The lowest BCUT2D eigenvalue weighted by Crippen LogP contribution is -2.03. The number of nitrogens with two attached hydrogens (primary N) is 1. The number of benzene rings is 1. The summed E-state index contributed by atoms with van der Waals surface area (Å²) >= 11 is 5.63. The fourth-order valence-corrected chi connectivity index (χ4v) is 1.53. The van der Waals surface area contributed by atoms with Gasteiger partial charge in [-0.2, -0.15) is 0 Å². The van der Waals surface area contributed by atoms with Gasteiger partial charge in [0.05, 0.1) is 7.11 Å². The van der Waals surface area contributed by atoms with Crippen molar-refractivity contribution in [3.05, 3.63) is 40.9 Å². The van der Waals surface area contributed by atoms with Gasteiger partial charge in [-0.3, -0.25) is 0 Å². The van der Waals surface area contributed by atoms with E-state index in [0.717, 1.165) is 24.2 Å². The van der Waals surface area contributed by atoms with Crippen LogP contribution in [0.15, 0.2) is 35.4 Å². The Bertz CT molecular complexity index is 340. The summed E-state index contributed by atoms with van der Waals surface area (Å²) in [6.45, 7) is 0.521. The van der Waals surface area contributed by atoms with Gasteiger partial charge in [-0.05, 0) is 36.1 Å². The number of rotatable bonds is 5. The predicted molar refractivity (Wildman–Crippen MR) is 71.6 cm³/mol. The summed E-state index contributed by atoms with van der Waals surface area (Å²) in [5, 5.41) is 0. The minimum Gasteiger partial charge on any atom is -0.497 e. The van der Waals surface area contributed by atoms with E-state index in [1.54, 1.807) is 12.6 Å². The normalized spacial score (nSPS) is 10.8. The molecule has 0 bridgehead atoms. The number of methoxy groups -OCH3 is 1. The Morgan fingerprint density at radius 2 is 2.25 bits per heavy atom. The van der Waals surface area contributed by atoms with Crippen molar-refractivity contribution in [2.75, 3.05) is 13.7 Å². The van der Waals surface area contributed by atoms with E-state index in [2.05, 4.69) is 6.07 Å². The second kappa shape index (κ2) is 8.45. The van der Waals surface area contributed by atoms with Crippen LogP contribution >= 0.6 is 24.0 Å². The van der Waals surface area contributed by atoms with E-state index in [-0.39, 0.29) is 12.4 Å². The van der Waals surface area contributed by atoms with Gasteiger partial charge in [-0.1, -0.05) is 23.7 Å². The van der Waals surface area contributed by atoms with Gasteiger partial charge in [0.2, 0.25) is 0 Å². The van der Waals surface area contributed by atoms with Crippen molar-refractivity contribution in [1.29, 1.82) is 0 Å². The van der Waals surface area contributed by atoms with Crippen molar-refractivity contribution in [2.45, 2.75) is 12.8 Å². The Morgan fingerprint density at radius 3 is 2.81 bits per heavy atom. The van der Waals surface area contributed by atoms with Gasteiger partial charge in [0.25, 0.3) is 0 Å². The van der Waals surface area contributed by atoms with Crippen LogP contribution in [-0.2, 0) is 6.42 Å². The van der Waals surface area contributed by atoms with Crippen molar-refractivity contribution in [2.24, 2.45) is 5.73 Å². The van der Waals surface area contributed by atoms with E-state index in [1.165, 1.54) is 5.56 Å². The summed E-state index contributed by atoms with van der Waals surface area (Å²) in [5.41, 5.74) is 9.40. The number of halogens is 2. The van der Waals surface area contributed by atoms with E-state index < -0.39 is 0 Å². The van der Waals surface area contributed by atoms with Gasteiger partial charge in [-0.15, -0.1) is 12.4 Å². The van der Waals surface area contributed by atoms with E-state index in [1.807, 2.05) is 18.2 Å². The number of aryl methyl sites for hydroxylation is 1. The summed E-state index contributed by atoms with van der Waals surface area (Å²) in [5.74, 6) is 0.886. The van der Waals surface area contributed by atoms with E-state index in [4.69, 9.17) is 22.1 Å². The van der Waals surface area contributed by atoms with Gasteiger partial charge < -0.3 is 10.5 Å². The summed E-state index contributed by atoms with van der Waals surface area (Å²) < 4.78 is 5.15. The van der Waals surface area contributed by atoms with Crippen LogP contribution < -0.4 is 10.5 Å². The van der Waals surface area contributed by atoms with Crippen LogP contribution in [0.3, 0.4) is 0 Å². The third kappa shape index (κ3) is 4.88. The lowest BCUT2D eigenvalue weighted by Gasteiger charge is -2.05. The highest BCUT2D eigenvalue weighted by Gasteiger charge is 1.98. The molecule has 2 nitrogen and oxygen atoms in total. The minimum absolute atomic E-state index is 0. The molecule has 1 aromatic rings. The fraction of sp³-hybridized carbons (Fsp3) is 0.333. The fourth-order valence-electron chi connectivity index (χ4n) is 1.33. The molecule has 0 unspecified atom stereocenters. The molecule has 0 atom stereocenters. The minimum atomic E-state index is 0. The first kappa shape index (κ1) is 15.3. The molecule has 4 heteroatoms. The van der Waals surface area contributed by atoms with Crippen molar-refractivity contribution in [1.82, 2.24) is 0 Å². The summed E-state index contributed by atoms with van der Waals surface area (Å²) in [6.07, 6.45) is 1.83. The molecule has 0 heterocycles. The van der Waals surface area contributed by atoms with Crippen LogP contribution in [0.5, 0.6) is 5.75 Å². The molecular formula is C12H17Cl2NO. The van der Waals surface area contributed by atoms with Crippen molar-refractivity contribution in [3.63, 3.8) is 0 Å². The van der Waals surface area contributed by atoms with E-state index in [0.29, 0.717) is 6.54 Å². The Morgan fingerprint density at radius 1 is 1.50 bits per heavy atom. The molecule has 0 saturated carbocycles. The average molecular weight is 262 g/mol. The lowest BCUT2D eigenvalue weighted by atomic mass is 10.1. The zero-order valence-corrected chi connectivity index (χ0v) is 10.9. The molecule has 90 valence electrons. The molecule has 1 aromatic carbocycles. The van der Waals surface area contributed by atoms with Crippen molar-refractivity contribution < 1.29 is 4.74 Å². The third-order valence-electron chi connectivity index (χ3n) is 2.29. The van der Waals surface area contributed by atoms with Gasteiger partial charge in [0.1, 0.15) is 5.75 Å². The maximum atomic E-state index is 5.63. The molecule has 0 spiro atoms.